The van der Waals surface area contributed by atoms with Crippen LogP contribution >= 0.6 is 0 Å². The second-order valence-corrected chi connectivity index (χ2v) is 6.81. The Kier molecular flexibility index (Phi) is 4.32. The van der Waals surface area contributed by atoms with Crippen molar-refractivity contribution in [3.63, 3.8) is 0 Å². The maximum atomic E-state index is 12.9. The van der Waals surface area contributed by atoms with Gasteiger partial charge in [0, 0.05) is 16.8 Å². The van der Waals surface area contributed by atoms with Crippen LogP contribution in [0, 0.1) is 20.8 Å². The van der Waals surface area contributed by atoms with E-state index in [4.69, 9.17) is 0 Å². The van der Waals surface area contributed by atoms with Crippen LogP contribution < -0.4 is 0 Å². The number of carbonyl (C=O) groups is 1. The van der Waals surface area contributed by atoms with Crippen LogP contribution in [0.1, 0.15) is 33.3 Å². The molecule has 4 rings (SSSR count). The third-order valence-electron chi connectivity index (χ3n) is 4.89. The number of rotatable bonds is 4. The monoisotopic (exact) mass is 355 g/mol. The average molecular weight is 355 g/mol. The Balaban J connectivity index is 1.68. The number of imidazole rings is 1. The largest absolute Gasteiger partial charge is 0.300 e. The van der Waals surface area contributed by atoms with Crippen molar-refractivity contribution < 1.29 is 4.79 Å². The minimum atomic E-state index is -0.00860. The van der Waals surface area contributed by atoms with Gasteiger partial charge >= 0.3 is 0 Å². The van der Waals surface area contributed by atoms with Crippen molar-refractivity contribution in [1.82, 2.24) is 14.5 Å². The van der Waals surface area contributed by atoms with E-state index < -0.39 is 0 Å². The molecular formula is C23H21N3O. The minimum Gasteiger partial charge on any atom is -0.300 e. The second-order valence-electron chi connectivity index (χ2n) is 6.81. The maximum Gasteiger partial charge on any atom is 0.188 e. The lowest BCUT2D eigenvalue weighted by molar-refractivity contribution is 0.0987. The third-order valence-corrected chi connectivity index (χ3v) is 4.89. The standard InChI is InChI=1S/C23H21N3O/c1-15-8-4-7-11-21(15)26-16(2)23(24-17(26)3)22(27)14-19-13-12-18-9-5-6-10-20(18)25-19/h4-13H,14H2,1-3H3. The van der Waals surface area contributed by atoms with Crippen molar-refractivity contribution in [2.24, 2.45) is 0 Å². The fourth-order valence-corrected chi connectivity index (χ4v) is 3.53. The van der Waals surface area contributed by atoms with Crippen LogP contribution in [0.5, 0.6) is 0 Å². The SMILES string of the molecule is Cc1ccccc1-n1c(C)nc(C(=O)Cc2ccc3ccccc3n2)c1C. The first-order valence-corrected chi connectivity index (χ1v) is 9.04. The van der Waals surface area contributed by atoms with Gasteiger partial charge in [-0.1, -0.05) is 42.5 Å². The molecular weight excluding hydrogens is 334 g/mol. The lowest BCUT2D eigenvalue weighted by Gasteiger charge is -2.11. The summed E-state index contributed by atoms with van der Waals surface area (Å²) < 4.78 is 2.05. The molecule has 134 valence electrons. The van der Waals surface area contributed by atoms with Gasteiger partial charge in [0.25, 0.3) is 0 Å². The summed E-state index contributed by atoms with van der Waals surface area (Å²) in [6.45, 7) is 5.95. The Morgan fingerprint density at radius 1 is 0.889 bits per heavy atom. The zero-order chi connectivity index (χ0) is 19.0. The molecule has 0 aliphatic heterocycles. The first-order chi connectivity index (χ1) is 13.0. The van der Waals surface area contributed by atoms with Gasteiger partial charge < -0.3 is 4.57 Å². The number of para-hydroxylation sites is 2. The van der Waals surface area contributed by atoms with E-state index >= 15 is 0 Å². The number of nitrogens with zero attached hydrogens (tertiary/aromatic N) is 3. The Bertz CT molecular complexity index is 1160. The second kappa shape index (κ2) is 6.80. The highest BCUT2D eigenvalue weighted by molar-refractivity contribution is 5.97. The van der Waals surface area contributed by atoms with Crippen LogP contribution in [0.4, 0.5) is 0 Å². The number of aryl methyl sites for hydroxylation is 2. The Hall–Kier alpha value is -3.27. The van der Waals surface area contributed by atoms with Crippen molar-refractivity contribution in [2.45, 2.75) is 27.2 Å². The van der Waals surface area contributed by atoms with E-state index in [0.717, 1.165) is 39.4 Å². The molecule has 27 heavy (non-hydrogen) atoms. The smallest absolute Gasteiger partial charge is 0.188 e. The molecule has 0 aliphatic carbocycles. The summed E-state index contributed by atoms with van der Waals surface area (Å²) in [6.07, 6.45) is 0.246. The van der Waals surface area contributed by atoms with E-state index in [-0.39, 0.29) is 12.2 Å². The minimum absolute atomic E-state index is 0.00860. The topological polar surface area (TPSA) is 47.8 Å². The molecule has 4 nitrogen and oxygen atoms in total. The summed E-state index contributed by atoms with van der Waals surface area (Å²) in [4.78, 5) is 22.1. The van der Waals surface area contributed by atoms with Crippen LogP contribution in [0.2, 0.25) is 0 Å². The number of Topliss-reactive ketones (excluding diaryl/α,β-unsaturated/α-hetero) is 1. The molecule has 2 aromatic heterocycles. The molecule has 0 bridgehead atoms. The number of pyridine rings is 1. The highest BCUT2D eigenvalue weighted by atomic mass is 16.1. The van der Waals surface area contributed by atoms with Gasteiger partial charge in [-0.15, -0.1) is 0 Å². The van der Waals surface area contributed by atoms with Crippen molar-refractivity contribution in [3.05, 3.63) is 89.1 Å². The number of aromatic nitrogens is 3. The lowest BCUT2D eigenvalue weighted by atomic mass is 10.1. The van der Waals surface area contributed by atoms with Crippen molar-refractivity contribution in [3.8, 4) is 5.69 Å². The fourth-order valence-electron chi connectivity index (χ4n) is 3.53. The zero-order valence-corrected chi connectivity index (χ0v) is 15.7. The molecule has 4 heteroatoms. The van der Waals surface area contributed by atoms with Gasteiger partial charge in [-0.3, -0.25) is 9.78 Å². The van der Waals surface area contributed by atoms with Crippen molar-refractivity contribution >= 4 is 16.7 Å². The molecule has 0 radical (unpaired) electrons. The van der Waals surface area contributed by atoms with Crippen molar-refractivity contribution in [1.29, 1.82) is 0 Å². The van der Waals surface area contributed by atoms with Gasteiger partial charge in [0.15, 0.2) is 5.78 Å². The molecule has 0 unspecified atom stereocenters. The van der Waals surface area contributed by atoms with Crippen LogP contribution in [0.25, 0.3) is 16.6 Å². The molecule has 2 aromatic carbocycles. The highest BCUT2D eigenvalue weighted by Gasteiger charge is 2.20. The van der Waals surface area contributed by atoms with Gasteiger partial charge in [-0.05, 0) is 44.5 Å². The zero-order valence-electron chi connectivity index (χ0n) is 15.7. The number of hydrogen-bond donors (Lipinski definition) is 0. The molecule has 2 heterocycles. The van der Waals surface area contributed by atoms with Gasteiger partial charge in [0.1, 0.15) is 11.5 Å². The molecule has 0 N–H and O–H groups in total. The normalized spacial score (nSPS) is 11.1. The van der Waals surface area contributed by atoms with Crippen LogP contribution in [0.3, 0.4) is 0 Å². The number of fused-ring (bicyclic) bond motifs is 1. The van der Waals surface area contributed by atoms with Crippen molar-refractivity contribution in [2.75, 3.05) is 0 Å². The van der Waals surface area contributed by atoms with E-state index in [1.807, 2.05) is 62.4 Å². The first-order valence-electron chi connectivity index (χ1n) is 9.04. The lowest BCUT2D eigenvalue weighted by Crippen LogP contribution is -2.08. The van der Waals surface area contributed by atoms with Gasteiger partial charge in [0.2, 0.25) is 0 Å². The Morgan fingerprint density at radius 2 is 1.63 bits per heavy atom. The summed E-state index contributed by atoms with van der Waals surface area (Å²) in [5, 5.41) is 1.07. The number of carbonyl (C=O) groups excluding carboxylic acids is 1. The summed E-state index contributed by atoms with van der Waals surface area (Å²) in [7, 11) is 0. The van der Waals surface area contributed by atoms with Crippen LogP contribution in [0.15, 0.2) is 60.7 Å². The van der Waals surface area contributed by atoms with Crippen LogP contribution in [-0.2, 0) is 6.42 Å². The average Bonchev–Trinajstić information content (AvgIpc) is 2.96. The molecule has 0 saturated heterocycles. The summed E-state index contributed by atoms with van der Waals surface area (Å²) in [5.41, 5.74) is 5.26. The molecule has 0 amide bonds. The highest BCUT2D eigenvalue weighted by Crippen LogP contribution is 2.22. The molecule has 0 atom stereocenters. The summed E-state index contributed by atoms with van der Waals surface area (Å²) in [5.74, 6) is 0.808. The number of ketones is 1. The number of benzene rings is 2. The fraction of sp³-hybridized carbons (Fsp3) is 0.174. The summed E-state index contributed by atoms with van der Waals surface area (Å²) in [6, 6.07) is 20.0. The first kappa shape index (κ1) is 17.2. The maximum absolute atomic E-state index is 12.9. The van der Waals surface area contributed by atoms with E-state index in [1.165, 1.54) is 0 Å². The van der Waals surface area contributed by atoms with E-state index in [0.29, 0.717) is 5.69 Å². The third kappa shape index (κ3) is 3.14. The molecule has 0 aliphatic rings. The summed E-state index contributed by atoms with van der Waals surface area (Å²) >= 11 is 0. The molecule has 4 aromatic rings. The van der Waals surface area contributed by atoms with Gasteiger partial charge in [-0.2, -0.15) is 0 Å². The van der Waals surface area contributed by atoms with Crippen LogP contribution in [-0.4, -0.2) is 20.3 Å². The van der Waals surface area contributed by atoms with Gasteiger partial charge in [-0.25, -0.2) is 4.98 Å². The van der Waals surface area contributed by atoms with E-state index in [9.17, 15) is 4.79 Å². The Morgan fingerprint density at radius 3 is 2.44 bits per heavy atom. The van der Waals surface area contributed by atoms with Gasteiger partial charge in [0.05, 0.1) is 17.6 Å². The molecule has 0 spiro atoms. The molecule has 0 fully saturated rings. The Labute approximate surface area is 158 Å². The predicted octanol–water partition coefficient (Wildman–Crippen LogP) is 4.77. The molecule has 0 saturated carbocycles. The number of hydrogen-bond acceptors (Lipinski definition) is 3. The van der Waals surface area contributed by atoms with E-state index in [1.54, 1.807) is 0 Å². The quantitative estimate of drug-likeness (QED) is 0.495. The predicted molar refractivity (Wildman–Crippen MR) is 108 cm³/mol. The van der Waals surface area contributed by atoms with E-state index in [2.05, 4.69) is 33.6 Å².